The van der Waals surface area contributed by atoms with Gasteiger partial charge in [0.2, 0.25) is 0 Å². The van der Waals surface area contributed by atoms with Crippen LogP contribution in [0.15, 0.2) is 12.3 Å². The molecule has 6 heteroatoms. The van der Waals surface area contributed by atoms with Gasteiger partial charge in [0.15, 0.2) is 5.65 Å². The lowest BCUT2D eigenvalue weighted by atomic mass is 10.1. The molecule has 6 nitrogen and oxygen atoms in total. The smallest absolute Gasteiger partial charge is 0.255 e. The summed E-state index contributed by atoms with van der Waals surface area (Å²) >= 11 is 0. The minimum Gasteiger partial charge on any atom is -0.333 e. The molecule has 1 N–H and O–H groups in total. The van der Waals surface area contributed by atoms with E-state index in [0.29, 0.717) is 11.6 Å². The highest BCUT2D eigenvalue weighted by molar-refractivity contribution is 5.97. The number of aryl methyl sites for hydroxylation is 2. The van der Waals surface area contributed by atoms with Crippen LogP contribution in [0.2, 0.25) is 0 Å². The standard InChI is InChI=1S/C15H21N5O/c1-9-11(3)20(6-5-16-9)15(21)12-7-13-10(2)18-19(4)14(13)17-8-12/h7-9,11,16H,5-6H2,1-4H3. The summed E-state index contributed by atoms with van der Waals surface area (Å²) < 4.78 is 1.74. The first-order valence-corrected chi connectivity index (χ1v) is 7.32. The summed E-state index contributed by atoms with van der Waals surface area (Å²) in [4.78, 5) is 19.1. The van der Waals surface area contributed by atoms with Crippen LogP contribution in [0.25, 0.3) is 11.0 Å². The van der Waals surface area contributed by atoms with E-state index in [1.165, 1.54) is 0 Å². The summed E-state index contributed by atoms with van der Waals surface area (Å²) in [6.45, 7) is 7.69. The monoisotopic (exact) mass is 287 g/mol. The molecular weight excluding hydrogens is 266 g/mol. The first-order valence-electron chi connectivity index (χ1n) is 7.32. The molecule has 0 aromatic carbocycles. The normalized spacial score (nSPS) is 22.8. The molecule has 2 aromatic rings. The molecule has 0 saturated carbocycles. The van der Waals surface area contributed by atoms with Crippen molar-refractivity contribution in [2.75, 3.05) is 13.1 Å². The van der Waals surface area contributed by atoms with Gasteiger partial charge < -0.3 is 10.2 Å². The van der Waals surface area contributed by atoms with Crippen molar-refractivity contribution in [1.29, 1.82) is 0 Å². The molecule has 1 aliphatic rings. The van der Waals surface area contributed by atoms with Gasteiger partial charge >= 0.3 is 0 Å². The minimum atomic E-state index is 0.0495. The van der Waals surface area contributed by atoms with Crippen LogP contribution in [0.4, 0.5) is 0 Å². The molecule has 0 aliphatic carbocycles. The van der Waals surface area contributed by atoms with E-state index in [2.05, 4.69) is 29.2 Å². The maximum atomic E-state index is 12.7. The summed E-state index contributed by atoms with van der Waals surface area (Å²) in [6, 6.07) is 2.39. The number of hydrogen-bond donors (Lipinski definition) is 1. The van der Waals surface area contributed by atoms with Crippen LogP contribution in [0.5, 0.6) is 0 Å². The molecule has 112 valence electrons. The van der Waals surface area contributed by atoms with Crippen molar-refractivity contribution in [1.82, 2.24) is 25.0 Å². The average molecular weight is 287 g/mol. The van der Waals surface area contributed by atoms with E-state index in [1.54, 1.807) is 10.9 Å². The van der Waals surface area contributed by atoms with Crippen LogP contribution in [0, 0.1) is 6.92 Å². The minimum absolute atomic E-state index is 0.0495. The molecule has 3 rings (SSSR count). The number of nitrogens with zero attached hydrogens (tertiary/aromatic N) is 4. The number of aromatic nitrogens is 3. The fourth-order valence-electron chi connectivity index (χ4n) is 2.93. The van der Waals surface area contributed by atoms with Gasteiger partial charge in [-0.15, -0.1) is 0 Å². The van der Waals surface area contributed by atoms with Gasteiger partial charge in [0.05, 0.1) is 11.3 Å². The van der Waals surface area contributed by atoms with Crippen molar-refractivity contribution in [3.05, 3.63) is 23.5 Å². The lowest BCUT2D eigenvalue weighted by molar-refractivity contribution is 0.0602. The van der Waals surface area contributed by atoms with E-state index in [4.69, 9.17) is 0 Å². The quantitative estimate of drug-likeness (QED) is 0.853. The Morgan fingerprint density at radius 3 is 2.95 bits per heavy atom. The molecule has 2 aromatic heterocycles. The molecule has 0 spiro atoms. The number of rotatable bonds is 1. The number of amides is 1. The lowest BCUT2D eigenvalue weighted by Gasteiger charge is -2.38. The third-order valence-electron chi connectivity index (χ3n) is 4.41. The molecule has 1 saturated heterocycles. The van der Waals surface area contributed by atoms with Gasteiger partial charge in [-0.25, -0.2) is 4.98 Å². The van der Waals surface area contributed by atoms with Crippen LogP contribution in [-0.4, -0.2) is 50.7 Å². The SMILES string of the molecule is Cc1nn(C)c2ncc(C(=O)N3CCNC(C)C3C)cc12. The van der Waals surface area contributed by atoms with Gasteiger partial charge in [-0.1, -0.05) is 0 Å². The number of piperazine rings is 1. The number of nitrogens with one attached hydrogen (secondary N) is 1. The van der Waals surface area contributed by atoms with Gasteiger partial charge in [-0.2, -0.15) is 5.10 Å². The average Bonchev–Trinajstić information content (AvgIpc) is 2.76. The van der Waals surface area contributed by atoms with E-state index >= 15 is 0 Å². The van der Waals surface area contributed by atoms with Crippen LogP contribution in [0.3, 0.4) is 0 Å². The number of pyridine rings is 1. The van der Waals surface area contributed by atoms with E-state index in [9.17, 15) is 4.79 Å². The molecule has 2 unspecified atom stereocenters. The fraction of sp³-hybridized carbons (Fsp3) is 0.533. The Balaban J connectivity index is 1.96. The van der Waals surface area contributed by atoms with Crippen molar-refractivity contribution in [3.8, 4) is 0 Å². The first-order chi connectivity index (χ1) is 9.99. The Bertz CT molecular complexity index is 693. The predicted octanol–water partition coefficient (Wildman–Crippen LogP) is 1.10. The van der Waals surface area contributed by atoms with Crippen molar-refractivity contribution in [2.24, 2.45) is 7.05 Å². The molecule has 0 bridgehead atoms. The molecule has 1 amide bonds. The van der Waals surface area contributed by atoms with Crippen LogP contribution < -0.4 is 5.32 Å². The Morgan fingerprint density at radius 2 is 2.19 bits per heavy atom. The second-order valence-electron chi connectivity index (χ2n) is 5.79. The van der Waals surface area contributed by atoms with E-state index in [-0.39, 0.29) is 11.9 Å². The molecular formula is C15H21N5O. The zero-order chi connectivity index (χ0) is 15.1. The number of fused-ring (bicyclic) bond motifs is 1. The third-order valence-corrected chi connectivity index (χ3v) is 4.41. The summed E-state index contributed by atoms with van der Waals surface area (Å²) in [5.41, 5.74) is 2.35. The topological polar surface area (TPSA) is 63.1 Å². The van der Waals surface area contributed by atoms with Gasteiger partial charge in [-0.05, 0) is 26.8 Å². The third kappa shape index (κ3) is 2.29. The first kappa shape index (κ1) is 14.0. The van der Waals surface area contributed by atoms with E-state index in [0.717, 1.165) is 29.8 Å². The van der Waals surface area contributed by atoms with Gasteiger partial charge in [0, 0.05) is 43.8 Å². The number of carbonyl (C=O) groups excluding carboxylic acids is 1. The Labute approximate surface area is 124 Å². The maximum absolute atomic E-state index is 12.7. The Hall–Kier alpha value is -1.95. The second kappa shape index (κ2) is 5.11. The largest absolute Gasteiger partial charge is 0.333 e. The van der Waals surface area contributed by atoms with Crippen molar-refractivity contribution in [3.63, 3.8) is 0 Å². The predicted molar refractivity (Wildman–Crippen MR) is 81.2 cm³/mol. The van der Waals surface area contributed by atoms with Crippen molar-refractivity contribution in [2.45, 2.75) is 32.9 Å². The molecule has 0 radical (unpaired) electrons. The summed E-state index contributed by atoms with van der Waals surface area (Å²) in [5.74, 6) is 0.0495. The van der Waals surface area contributed by atoms with Gasteiger partial charge in [0.25, 0.3) is 5.91 Å². The van der Waals surface area contributed by atoms with Crippen molar-refractivity contribution >= 4 is 16.9 Å². The van der Waals surface area contributed by atoms with Gasteiger partial charge in [-0.3, -0.25) is 9.48 Å². The fourth-order valence-corrected chi connectivity index (χ4v) is 2.93. The zero-order valence-electron chi connectivity index (χ0n) is 12.9. The molecule has 21 heavy (non-hydrogen) atoms. The Kier molecular flexibility index (Phi) is 3.41. The zero-order valence-corrected chi connectivity index (χ0v) is 12.9. The molecule has 1 fully saturated rings. The maximum Gasteiger partial charge on any atom is 0.255 e. The summed E-state index contributed by atoms with van der Waals surface area (Å²) in [7, 11) is 1.86. The van der Waals surface area contributed by atoms with E-state index < -0.39 is 0 Å². The Morgan fingerprint density at radius 1 is 1.43 bits per heavy atom. The highest BCUT2D eigenvalue weighted by Crippen LogP contribution is 2.19. The number of hydrogen-bond acceptors (Lipinski definition) is 4. The van der Waals surface area contributed by atoms with E-state index in [1.807, 2.05) is 24.9 Å². The summed E-state index contributed by atoms with van der Waals surface area (Å²) in [5, 5.41) is 8.68. The summed E-state index contributed by atoms with van der Waals surface area (Å²) in [6.07, 6.45) is 1.66. The van der Waals surface area contributed by atoms with Crippen LogP contribution >= 0.6 is 0 Å². The number of carbonyl (C=O) groups is 1. The van der Waals surface area contributed by atoms with Crippen LogP contribution in [0.1, 0.15) is 29.9 Å². The molecule has 1 aliphatic heterocycles. The highest BCUT2D eigenvalue weighted by Gasteiger charge is 2.29. The highest BCUT2D eigenvalue weighted by atomic mass is 16.2. The molecule has 3 heterocycles. The lowest BCUT2D eigenvalue weighted by Crippen LogP contribution is -2.57. The van der Waals surface area contributed by atoms with Gasteiger partial charge in [0.1, 0.15) is 0 Å². The van der Waals surface area contributed by atoms with Crippen molar-refractivity contribution < 1.29 is 4.79 Å². The molecule has 2 atom stereocenters. The van der Waals surface area contributed by atoms with Crippen LogP contribution in [-0.2, 0) is 7.05 Å². The second-order valence-corrected chi connectivity index (χ2v) is 5.79.